The van der Waals surface area contributed by atoms with Gasteiger partial charge in [-0.25, -0.2) is 4.79 Å². The van der Waals surface area contributed by atoms with E-state index < -0.39 is 47.3 Å². The van der Waals surface area contributed by atoms with Crippen molar-refractivity contribution in [3.63, 3.8) is 0 Å². The van der Waals surface area contributed by atoms with Gasteiger partial charge in [-0.2, -0.15) is 0 Å². The van der Waals surface area contributed by atoms with E-state index >= 15 is 0 Å². The molecule has 4 atom stereocenters. The number of benzene rings is 3. The summed E-state index contributed by atoms with van der Waals surface area (Å²) in [7, 11) is 0. The van der Waals surface area contributed by atoms with Crippen LogP contribution in [-0.4, -0.2) is 58.7 Å². The molecule has 0 unspecified atom stereocenters. The van der Waals surface area contributed by atoms with Gasteiger partial charge in [-0.1, -0.05) is 78.9 Å². The molecule has 1 fully saturated rings. The highest BCUT2D eigenvalue weighted by molar-refractivity contribution is 5.98. The third kappa shape index (κ3) is 9.16. The molecular formula is C37H40N4O7. The number of alkyl carbamates (subject to hydrolysis) is 1. The fourth-order valence-corrected chi connectivity index (χ4v) is 5.68. The van der Waals surface area contributed by atoms with Crippen molar-refractivity contribution in [2.24, 2.45) is 11.7 Å². The van der Waals surface area contributed by atoms with Crippen LogP contribution in [0, 0.1) is 5.92 Å². The summed E-state index contributed by atoms with van der Waals surface area (Å²) >= 11 is 0. The van der Waals surface area contributed by atoms with Crippen LogP contribution in [0.2, 0.25) is 0 Å². The number of hydrogen-bond donors (Lipinski definition) is 4. The largest absolute Gasteiger partial charge is 0.445 e. The van der Waals surface area contributed by atoms with Gasteiger partial charge in [-0.05, 0) is 48.9 Å². The van der Waals surface area contributed by atoms with E-state index in [0.29, 0.717) is 0 Å². The number of fused-ring (bicyclic) bond motifs is 1. The Balaban J connectivity index is 1.36. The number of aromatic amines is 1. The Morgan fingerprint density at radius 3 is 2.19 bits per heavy atom. The minimum absolute atomic E-state index is 0.0194. The van der Waals surface area contributed by atoms with Crippen LogP contribution in [0.25, 0.3) is 10.9 Å². The molecule has 3 amide bonds. The van der Waals surface area contributed by atoms with Gasteiger partial charge in [0.25, 0.3) is 0 Å². The fraction of sp³-hybridized carbons (Fsp3) is 0.324. The first-order chi connectivity index (χ1) is 23.1. The average Bonchev–Trinajstić information content (AvgIpc) is 3.72. The van der Waals surface area contributed by atoms with Crippen LogP contribution >= 0.6 is 0 Å². The summed E-state index contributed by atoms with van der Waals surface area (Å²) in [5.41, 5.74) is 7.69. The highest BCUT2D eigenvalue weighted by Crippen LogP contribution is 2.30. The van der Waals surface area contributed by atoms with Crippen LogP contribution in [0.15, 0.2) is 91.1 Å². The number of rotatable bonds is 17. The number of Topliss-reactive ketones (excluding diaryl/α,β-unsaturated/α-hetero) is 2. The minimum atomic E-state index is -1.14. The molecule has 0 bridgehead atoms. The van der Waals surface area contributed by atoms with Crippen molar-refractivity contribution in [3.8, 4) is 0 Å². The third-order valence-corrected chi connectivity index (χ3v) is 8.55. The lowest BCUT2D eigenvalue weighted by Gasteiger charge is -2.25. The molecule has 250 valence electrons. The zero-order valence-corrected chi connectivity index (χ0v) is 26.8. The second-order valence-corrected chi connectivity index (χ2v) is 12.3. The van der Waals surface area contributed by atoms with Gasteiger partial charge in [-0.3, -0.25) is 19.2 Å². The van der Waals surface area contributed by atoms with Crippen LogP contribution in [-0.2, 0) is 48.1 Å². The molecule has 1 aliphatic rings. The number of carbonyl (C=O) groups is 5. The average molecular weight is 653 g/mol. The number of H-pyrrole nitrogens is 1. The van der Waals surface area contributed by atoms with E-state index in [4.69, 9.17) is 15.2 Å². The molecule has 1 aromatic heterocycles. The number of ketones is 2. The summed E-state index contributed by atoms with van der Waals surface area (Å²) in [5, 5.41) is 6.39. The predicted octanol–water partition coefficient (Wildman–Crippen LogP) is 3.93. The van der Waals surface area contributed by atoms with Gasteiger partial charge in [0.05, 0.1) is 18.7 Å². The van der Waals surface area contributed by atoms with Crippen molar-refractivity contribution in [1.82, 2.24) is 15.6 Å². The van der Waals surface area contributed by atoms with Crippen LogP contribution in [0.5, 0.6) is 0 Å². The van der Waals surface area contributed by atoms with E-state index in [2.05, 4.69) is 15.6 Å². The number of epoxide rings is 1. The van der Waals surface area contributed by atoms with Crippen molar-refractivity contribution in [2.45, 2.75) is 63.3 Å². The van der Waals surface area contributed by atoms with Crippen molar-refractivity contribution >= 4 is 40.4 Å². The molecule has 5 rings (SSSR count). The molecule has 11 heteroatoms. The summed E-state index contributed by atoms with van der Waals surface area (Å²) in [5.74, 6) is -2.78. The number of nitrogens with one attached hydrogen (secondary N) is 3. The Hall–Kier alpha value is -5.29. The molecule has 0 spiro atoms. The van der Waals surface area contributed by atoms with Crippen LogP contribution in [0.4, 0.5) is 4.79 Å². The van der Waals surface area contributed by atoms with E-state index in [1.54, 1.807) is 25.3 Å². The molecule has 4 aromatic rings. The lowest BCUT2D eigenvalue weighted by atomic mass is 9.88. The van der Waals surface area contributed by atoms with E-state index in [1.165, 1.54) is 0 Å². The molecule has 3 aromatic carbocycles. The van der Waals surface area contributed by atoms with Gasteiger partial charge >= 0.3 is 6.09 Å². The molecular weight excluding hydrogens is 612 g/mol. The summed E-state index contributed by atoms with van der Waals surface area (Å²) < 4.78 is 10.8. The maximum absolute atomic E-state index is 14.1. The molecule has 0 aliphatic carbocycles. The van der Waals surface area contributed by atoms with Crippen LogP contribution in [0.1, 0.15) is 42.9 Å². The number of hydrogen-bond acceptors (Lipinski definition) is 7. The third-order valence-electron chi connectivity index (χ3n) is 8.55. The van der Waals surface area contributed by atoms with Gasteiger partial charge in [-0.15, -0.1) is 0 Å². The predicted molar refractivity (Wildman–Crippen MR) is 179 cm³/mol. The number of primary amides is 1. The lowest BCUT2D eigenvalue weighted by molar-refractivity contribution is -0.134. The maximum Gasteiger partial charge on any atom is 0.408 e. The van der Waals surface area contributed by atoms with Gasteiger partial charge in [0.15, 0.2) is 11.6 Å². The number of nitrogens with two attached hydrogens (primary N) is 1. The molecule has 0 saturated carbocycles. The number of ether oxygens (including phenoxy) is 2. The molecule has 11 nitrogen and oxygen atoms in total. The Morgan fingerprint density at radius 2 is 1.52 bits per heavy atom. The fourth-order valence-electron chi connectivity index (χ4n) is 5.68. The molecule has 2 heterocycles. The first kappa shape index (κ1) is 34.1. The first-order valence-electron chi connectivity index (χ1n) is 16.0. The highest BCUT2D eigenvalue weighted by atomic mass is 16.6. The van der Waals surface area contributed by atoms with Gasteiger partial charge in [0.2, 0.25) is 11.8 Å². The molecule has 48 heavy (non-hydrogen) atoms. The number of amides is 3. The first-order valence-corrected chi connectivity index (χ1v) is 16.0. The van der Waals surface area contributed by atoms with Gasteiger partial charge in [0.1, 0.15) is 12.2 Å². The topological polar surface area (TPSA) is 173 Å². The van der Waals surface area contributed by atoms with Crippen LogP contribution < -0.4 is 16.4 Å². The van der Waals surface area contributed by atoms with Crippen molar-refractivity contribution in [2.75, 3.05) is 6.61 Å². The summed E-state index contributed by atoms with van der Waals surface area (Å²) in [4.78, 5) is 69.1. The molecule has 1 aliphatic heterocycles. The molecule has 5 N–H and O–H groups in total. The quantitative estimate of drug-likeness (QED) is 0.125. The zero-order valence-electron chi connectivity index (χ0n) is 26.8. The summed E-state index contributed by atoms with van der Waals surface area (Å²) in [6, 6.07) is 24.0. The Kier molecular flexibility index (Phi) is 11.0. The van der Waals surface area contributed by atoms with E-state index in [1.807, 2.05) is 72.8 Å². The second-order valence-electron chi connectivity index (χ2n) is 12.3. The standard InChI is InChI=1S/C37H40N4O7/c1-37(23-48-37)34(44)31(18-24-10-4-2-5-11-24)40-35(45)26(19-27-21-39-29-15-9-8-14-28(27)29)20-32(42)30(16-17-33(38)43)41-36(46)47-22-25-12-6-3-7-13-25/h2-15,21,26,30-31,39H,16-20,22-23H2,1H3,(H2,38,43)(H,40,45)(H,41,46)/t26-,30+,31+,37-/m1/s1. The summed E-state index contributed by atoms with van der Waals surface area (Å²) in [6.07, 6.45) is 0.849. The van der Waals surface area contributed by atoms with Gasteiger partial charge < -0.3 is 30.8 Å². The molecule has 0 radical (unpaired) electrons. The van der Waals surface area contributed by atoms with Crippen LogP contribution in [0.3, 0.4) is 0 Å². The molecule has 1 saturated heterocycles. The van der Waals surface area contributed by atoms with E-state index in [0.717, 1.165) is 27.6 Å². The van der Waals surface area contributed by atoms with Crippen molar-refractivity contribution in [1.29, 1.82) is 0 Å². The monoisotopic (exact) mass is 652 g/mol. The number of aromatic nitrogens is 1. The van der Waals surface area contributed by atoms with E-state index in [-0.39, 0.29) is 51.1 Å². The summed E-state index contributed by atoms with van der Waals surface area (Å²) in [6.45, 7) is 1.94. The smallest absolute Gasteiger partial charge is 0.408 e. The van der Waals surface area contributed by atoms with Crippen molar-refractivity contribution < 1.29 is 33.4 Å². The SMILES string of the molecule is C[C@]1(C(=O)[C@H](Cc2ccccc2)NC(=O)[C@@H](CC(=O)[C@H](CCC(N)=O)NC(=O)OCc2ccccc2)Cc2c[nH]c3ccccc23)CO1. The van der Waals surface area contributed by atoms with Gasteiger partial charge in [0, 0.05) is 35.9 Å². The Labute approximate surface area is 278 Å². The second kappa shape index (κ2) is 15.5. The normalized spacial score (nSPS) is 17.1. The zero-order chi connectivity index (χ0) is 34.1. The van der Waals surface area contributed by atoms with Crippen molar-refractivity contribution in [3.05, 3.63) is 108 Å². The highest BCUT2D eigenvalue weighted by Gasteiger charge is 2.50. The number of para-hydroxylation sites is 1. The lowest BCUT2D eigenvalue weighted by Crippen LogP contribution is -2.50. The van der Waals surface area contributed by atoms with E-state index in [9.17, 15) is 24.0 Å². The minimum Gasteiger partial charge on any atom is -0.445 e. The maximum atomic E-state index is 14.1. The number of carbonyl (C=O) groups excluding carboxylic acids is 5. The Bertz CT molecular complexity index is 1750. The Morgan fingerprint density at radius 1 is 0.875 bits per heavy atom.